The molecule has 1 atom stereocenters. The highest BCUT2D eigenvalue weighted by molar-refractivity contribution is 7.99. The molecular weight excluding hydrogens is 302 g/mol. The zero-order chi connectivity index (χ0) is 16.5. The lowest BCUT2D eigenvalue weighted by atomic mass is 10.1. The third kappa shape index (κ3) is 6.11. The van der Waals surface area contributed by atoms with Gasteiger partial charge < -0.3 is 5.32 Å². The largest absolute Gasteiger partial charge is 0.348 e. The quantitative estimate of drug-likeness (QED) is 0.681. The maximum Gasteiger partial charge on any atom is 0.220 e. The van der Waals surface area contributed by atoms with Gasteiger partial charge in [0.2, 0.25) is 5.91 Å². The van der Waals surface area contributed by atoms with Crippen LogP contribution in [0.4, 0.5) is 0 Å². The summed E-state index contributed by atoms with van der Waals surface area (Å²) in [6.07, 6.45) is 2.59. The molecule has 1 unspecified atom stereocenters. The van der Waals surface area contributed by atoms with Crippen molar-refractivity contribution in [1.82, 2.24) is 5.32 Å². The van der Waals surface area contributed by atoms with Gasteiger partial charge in [-0.2, -0.15) is 0 Å². The zero-order valence-electron chi connectivity index (χ0n) is 13.9. The molecule has 0 aliphatic carbocycles. The summed E-state index contributed by atoms with van der Waals surface area (Å²) in [6.45, 7) is 4.20. The van der Waals surface area contributed by atoms with Gasteiger partial charge in [0, 0.05) is 17.1 Å². The fraction of sp³-hybridized carbons (Fsp3) is 0.350. The number of rotatable bonds is 8. The van der Waals surface area contributed by atoms with Crippen LogP contribution in [0.5, 0.6) is 0 Å². The van der Waals surface area contributed by atoms with E-state index in [0.29, 0.717) is 6.42 Å². The SMILES string of the molecule is CCCCC(=O)NC(CSc1ccc(C)cc1)c1ccccc1. The molecule has 0 saturated heterocycles. The predicted octanol–water partition coefficient (Wildman–Crippen LogP) is 5.13. The maximum absolute atomic E-state index is 12.1. The first-order valence-corrected chi connectivity index (χ1v) is 9.21. The molecule has 1 N–H and O–H groups in total. The van der Waals surface area contributed by atoms with E-state index in [-0.39, 0.29) is 11.9 Å². The van der Waals surface area contributed by atoms with E-state index in [1.165, 1.54) is 10.5 Å². The molecule has 1 amide bonds. The summed E-state index contributed by atoms with van der Waals surface area (Å²) in [7, 11) is 0. The molecule has 0 spiro atoms. The number of benzene rings is 2. The van der Waals surface area contributed by atoms with Crippen LogP contribution in [0.25, 0.3) is 0 Å². The van der Waals surface area contributed by atoms with Gasteiger partial charge in [0.25, 0.3) is 0 Å². The Bertz CT molecular complexity index is 595. The molecule has 0 heterocycles. The molecule has 2 aromatic rings. The monoisotopic (exact) mass is 327 g/mol. The summed E-state index contributed by atoms with van der Waals surface area (Å²) in [6, 6.07) is 18.8. The Labute approximate surface area is 143 Å². The number of hydrogen-bond donors (Lipinski definition) is 1. The number of amides is 1. The van der Waals surface area contributed by atoms with E-state index in [1.54, 1.807) is 11.8 Å². The number of thioether (sulfide) groups is 1. The molecule has 0 saturated carbocycles. The summed E-state index contributed by atoms with van der Waals surface area (Å²) in [5.74, 6) is 0.982. The highest BCUT2D eigenvalue weighted by atomic mass is 32.2. The van der Waals surface area contributed by atoms with Crippen LogP contribution in [-0.4, -0.2) is 11.7 Å². The van der Waals surface area contributed by atoms with Crippen LogP contribution in [0.1, 0.15) is 43.4 Å². The van der Waals surface area contributed by atoms with Gasteiger partial charge >= 0.3 is 0 Å². The minimum Gasteiger partial charge on any atom is -0.348 e. The van der Waals surface area contributed by atoms with Crippen molar-refractivity contribution in [1.29, 1.82) is 0 Å². The molecule has 122 valence electrons. The first-order chi connectivity index (χ1) is 11.2. The van der Waals surface area contributed by atoms with E-state index >= 15 is 0 Å². The highest BCUT2D eigenvalue weighted by Crippen LogP contribution is 2.25. The van der Waals surface area contributed by atoms with Gasteiger partial charge in [0.1, 0.15) is 0 Å². The third-order valence-corrected chi connectivity index (χ3v) is 4.84. The number of unbranched alkanes of at least 4 members (excludes halogenated alkanes) is 1. The highest BCUT2D eigenvalue weighted by Gasteiger charge is 2.14. The Kier molecular flexibility index (Phi) is 7.21. The van der Waals surface area contributed by atoms with Crippen LogP contribution >= 0.6 is 11.8 Å². The van der Waals surface area contributed by atoms with Crippen molar-refractivity contribution in [3.63, 3.8) is 0 Å². The first kappa shape index (κ1) is 17.6. The van der Waals surface area contributed by atoms with Crippen molar-refractivity contribution >= 4 is 17.7 Å². The Hall–Kier alpha value is -1.74. The fourth-order valence-corrected chi connectivity index (χ4v) is 3.29. The summed E-state index contributed by atoms with van der Waals surface area (Å²) in [5.41, 5.74) is 2.43. The van der Waals surface area contributed by atoms with Crippen molar-refractivity contribution in [2.24, 2.45) is 0 Å². The maximum atomic E-state index is 12.1. The standard InChI is InChI=1S/C20H25NOS/c1-3-4-10-20(22)21-19(17-8-6-5-7-9-17)15-23-18-13-11-16(2)12-14-18/h5-9,11-14,19H,3-4,10,15H2,1-2H3,(H,21,22). The molecule has 0 fully saturated rings. The van der Waals surface area contributed by atoms with E-state index in [9.17, 15) is 4.79 Å². The average molecular weight is 327 g/mol. The normalized spacial score (nSPS) is 11.9. The van der Waals surface area contributed by atoms with Crippen LogP contribution in [0.15, 0.2) is 59.5 Å². The summed E-state index contributed by atoms with van der Waals surface area (Å²) >= 11 is 1.78. The molecule has 23 heavy (non-hydrogen) atoms. The van der Waals surface area contributed by atoms with Crippen molar-refractivity contribution in [3.8, 4) is 0 Å². The van der Waals surface area contributed by atoms with Crippen molar-refractivity contribution in [2.45, 2.75) is 44.0 Å². The van der Waals surface area contributed by atoms with Crippen LogP contribution in [0.2, 0.25) is 0 Å². The van der Waals surface area contributed by atoms with Crippen LogP contribution in [-0.2, 0) is 4.79 Å². The second-order valence-electron chi connectivity index (χ2n) is 5.76. The second-order valence-corrected chi connectivity index (χ2v) is 6.85. The lowest BCUT2D eigenvalue weighted by molar-refractivity contribution is -0.121. The van der Waals surface area contributed by atoms with Gasteiger partial charge in [-0.1, -0.05) is 61.4 Å². The molecule has 2 nitrogen and oxygen atoms in total. The van der Waals surface area contributed by atoms with Crippen LogP contribution in [0, 0.1) is 6.92 Å². The van der Waals surface area contributed by atoms with Crippen LogP contribution in [0.3, 0.4) is 0 Å². The van der Waals surface area contributed by atoms with Crippen LogP contribution < -0.4 is 5.32 Å². The minimum atomic E-state index is 0.0480. The Morgan fingerprint density at radius 1 is 1.09 bits per heavy atom. The van der Waals surface area contributed by atoms with E-state index in [4.69, 9.17) is 0 Å². The average Bonchev–Trinajstić information content (AvgIpc) is 2.59. The molecule has 0 aromatic heterocycles. The summed E-state index contributed by atoms with van der Waals surface area (Å²) < 4.78 is 0. The molecular formula is C20H25NOS. The zero-order valence-corrected chi connectivity index (χ0v) is 14.7. The molecule has 0 radical (unpaired) electrons. The van der Waals surface area contributed by atoms with E-state index in [1.807, 2.05) is 18.2 Å². The summed E-state index contributed by atoms with van der Waals surface area (Å²) in [4.78, 5) is 13.4. The Morgan fingerprint density at radius 3 is 2.43 bits per heavy atom. The lowest BCUT2D eigenvalue weighted by Crippen LogP contribution is -2.29. The number of aryl methyl sites for hydroxylation is 1. The second kappa shape index (κ2) is 9.41. The Balaban J connectivity index is 2.01. The summed E-state index contributed by atoms with van der Waals surface area (Å²) in [5, 5.41) is 3.19. The van der Waals surface area contributed by atoms with E-state index in [0.717, 1.165) is 24.2 Å². The van der Waals surface area contributed by atoms with Gasteiger partial charge in [-0.25, -0.2) is 0 Å². The van der Waals surface area contributed by atoms with Gasteiger partial charge in [-0.15, -0.1) is 11.8 Å². The van der Waals surface area contributed by atoms with E-state index < -0.39 is 0 Å². The lowest BCUT2D eigenvalue weighted by Gasteiger charge is -2.19. The molecule has 0 aliphatic rings. The first-order valence-electron chi connectivity index (χ1n) is 8.23. The number of carbonyl (C=O) groups excluding carboxylic acids is 1. The number of nitrogens with one attached hydrogen (secondary N) is 1. The number of carbonyl (C=O) groups is 1. The molecule has 0 bridgehead atoms. The molecule has 3 heteroatoms. The molecule has 0 aliphatic heterocycles. The van der Waals surface area contributed by atoms with Crippen molar-refractivity contribution in [2.75, 3.05) is 5.75 Å². The third-order valence-electron chi connectivity index (χ3n) is 3.73. The smallest absolute Gasteiger partial charge is 0.220 e. The van der Waals surface area contributed by atoms with E-state index in [2.05, 4.69) is 55.6 Å². The van der Waals surface area contributed by atoms with Gasteiger partial charge in [-0.3, -0.25) is 4.79 Å². The van der Waals surface area contributed by atoms with Gasteiger partial charge in [-0.05, 0) is 31.0 Å². The van der Waals surface area contributed by atoms with Gasteiger partial charge in [0.05, 0.1) is 6.04 Å². The molecule has 2 aromatic carbocycles. The predicted molar refractivity (Wildman–Crippen MR) is 98.8 cm³/mol. The van der Waals surface area contributed by atoms with Crippen molar-refractivity contribution in [3.05, 3.63) is 65.7 Å². The fourth-order valence-electron chi connectivity index (χ4n) is 2.32. The van der Waals surface area contributed by atoms with Crippen molar-refractivity contribution < 1.29 is 4.79 Å². The topological polar surface area (TPSA) is 29.1 Å². The molecule has 2 rings (SSSR count). The minimum absolute atomic E-state index is 0.0480. The Morgan fingerprint density at radius 2 is 1.78 bits per heavy atom. The van der Waals surface area contributed by atoms with Gasteiger partial charge in [0.15, 0.2) is 0 Å². The number of hydrogen-bond acceptors (Lipinski definition) is 2.